The van der Waals surface area contributed by atoms with E-state index < -0.39 is 18.0 Å². The second kappa shape index (κ2) is 9.37. The number of benzene rings is 2. The van der Waals surface area contributed by atoms with E-state index in [1.807, 2.05) is 30.3 Å². The molecule has 0 spiro atoms. The summed E-state index contributed by atoms with van der Waals surface area (Å²) in [5.41, 5.74) is 2.38. The van der Waals surface area contributed by atoms with E-state index in [4.69, 9.17) is 9.47 Å². The molecule has 3 rings (SSSR count). The van der Waals surface area contributed by atoms with E-state index in [9.17, 15) is 14.4 Å². The minimum Gasteiger partial charge on any atom is -0.454 e. The number of cyclic esters (lactones) is 1. The quantitative estimate of drug-likeness (QED) is 0.726. The van der Waals surface area contributed by atoms with Crippen molar-refractivity contribution in [2.75, 3.05) is 13.2 Å². The van der Waals surface area contributed by atoms with E-state index in [-0.39, 0.29) is 12.5 Å². The normalized spacial score (nSPS) is 15.4. The van der Waals surface area contributed by atoms with Crippen LogP contribution in [-0.2, 0) is 20.7 Å². The largest absolute Gasteiger partial charge is 0.454 e. The van der Waals surface area contributed by atoms with Gasteiger partial charge in [-0.3, -0.25) is 4.79 Å². The monoisotopic (exact) mass is 395 g/mol. The van der Waals surface area contributed by atoms with Gasteiger partial charge >= 0.3 is 11.9 Å². The maximum Gasteiger partial charge on any atom is 0.339 e. The highest BCUT2D eigenvalue weighted by Crippen LogP contribution is 2.31. The van der Waals surface area contributed by atoms with Crippen LogP contribution < -0.4 is 5.32 Å². The molecule has 2 aromatic carbocycles. The molecule has 2 aromatic rings. The Bertz CT molecular complexity index is 891. The SMILES string of the molecule is CC(C)CCNC(=O)COC(=O)c1ccc2c(c1)C[C@@H](c1ccccc1)OC2=O. The smallest absolute Gasteiger partial charge is 0.339 e. The molecule has 152 valence electrons. The molecule has 1 heterocycles. The maximum atomic E-state index is 12.3. The molecule has 0 saturated carbocycles. The van der Waals surface area contributed by atoms with Gasteiger partial charge in [-0.25, -0.2) is 9.59 Å². The zero-order chi connectivity index (χ0) is 20.8. The van der Waals surface area contributed by atoms with Gasteiger partial charge in [0.1, 0.15) is 6.10 Å². The van der Waals surface area contributed by atoms with Crippen LogP contribution in [0.15, 0.2) is 48.5 Å². The number of amides is 1. The molecule has 1 aliphatic heterocycles. The van der Waals surface area contributed by atoms with E-state index in [0.717, 1.165) is 17.5 Å². The molecule has 1 aliphatic rings. The molecule has 0 fully saturated rings. The molecular weight excluding hydrogens is 370 g/mol. The van der Waals surface area contributed by atoms with Crippen LogP contribution in [0.5, 0.6) is 0 Å². The highest BCUT2D eigenvalue weighted by molar-refractivity contribution is 5.96. The summed E-state index contributed by atoms with van der Waals surface area (Å²) in [5, 5.41) is 2.72. The van der Waals surface area contributed by atoms with Crippen LogP contribution in [0, 0.1) is 5.92 Å². The van der Waals surface area contributed by atoms with Gasteiger partial charge in [0.25, 0.3) is 5.91 Å². The molecule has 0 saturated heterocycles. The van der Waals surface area contributed by atoms with Crippen molar-refractivity contribution in [1.82, 2.24) is 5.32 Å². The van der Waals surface area contributed by atoms with E-state index in [1.54, 1.807) is 12.1 Å². The van der Waals surface area contributed by atoms with E-state index >= 15 is 0 Å². The summed E-state index contributed by atoms with van der Waals surface area (Å²) in [6, 6.07) is 14.2. The summed E-state index contributed by atoms with van der Waals surface area (Å²) < 4.78 is 10.6. The highest BCUT2D eigenvalue weighted by Gasteiger charge is 2.28. The van der Waals surface area contributed by atoms with Gasteiger partial charge in [-0.2, -0.15) is 0 Å². The molecule has 6 nitrogen and oxygen atoms in total. The Kier molecular flexibility index (Phi) is 6.65. The van der Waals surface area contributed by atoms with Crippen molar-refractivity contribution >= 4 is 17.8 Å². The third-order valence-electron chi connectivity index (χ3n) is 4.77. The van der Waals surface area contributed by atoms with Gasteiger partial charge in [0, 0.05) is 13.0 Å². The summed E-state index contributed by atoms with van der Waals surface area (Å²) in [4.78, 5) is 36.4. The summed E-state index contributed by atoms with van der Waals surface area (Å²) in [6.45, 7) is 4.36. The Morgan fingerprint density at radius 2 is 1.93 bits per heavy atom. The zero-order valence-electron chi connectivity index (χ0n) is 16.6. The standard InChI is InChI=1S/C23H25NO5/c1-15(2)10-11-24-21(25)14-28-22(26)17-8-9-19-18(12-17)13-20(29-23(19)27)16-6-4-3-5-7-16/h3-9,12,15,20H,10-11,13-14H2,1-2H3,(H,24,25)/t20-/m0/s1. The fourth-order valence-corrected chi connectivity index (χ4v) is 3.14. The number of nitrogens with one attached hydrogen (secondary N) is 1. The first kappa shape index (κ1) is 20.6. The number of hydrogen-bond donors (Lipinski definition) is 1. The van der Waals surface area contributed by atoms with Crippen molar-refractivity contribution in [3.05, 3.63) is 70.8 Å². The number of rotatable bonds is 7. The average molecular weight is 395 g/mol. The third kappa shape index (κ3) is 5.44. The maximum absolute atomic E-state index is 12.3. The van der Waals surface area contributed by atoms with Crippen molar-refractivity contribution in [2.45, 2.75) is 32.8 Å². The summed E-state index contributed by atoms with van der Waals surface area (Å²) in [5.74, 6) is -0.851. The predicted octanol–water partition coefficient (Wildman–Crippen LogP) is 3.46. The van der Waals surface area contributed by atoms with Gasteiger partial charge in [-0.05, 0) is 41.7 Å². The molecule has 0 unspecified atom stereocenters. The number of fused-ring (bicyclic) bond motifs is 1. The van der Waals surface area contributed by atoms with Gasteiger partial charge in [0.2, 0.25) is 0 Å². The van der Waals surface area contributed by atoms with Crippen LogP contribution in [0.4, 0.5) is 0 Å². The fraction of sp³-hybridized carbons (Fsp3) is 0.348. The van der Waals surface area contributed by atoms with Gasteiger partial charge in [0.05, 0.1) is 11.1 Å². The molecular formula is C23H25NO5. The van der Waals surface area contributed by atoms with Crippen LogP contribution >= 0.6 is 0 Å². The first-order valence-electron chi connectivity index (χ1n) is 9.76. The van der Waals surface area contributed by atoms with Gasteiger partial charge < -0.3 is 14.8 Å². The van der Waals surface area contributed by atoms with Crippen molar-refractivity contribution in [3.8, 4) is 0 Å². The molecule has 1 N–H and O–H groups in total. The van der Waals surface area contributed by atoms with Crippen LogP contribution in [0.25, 0.3) is 0 Å². The predicted molar refractivity (Wildman–Crippen MR) is 107 cm³/mol. The number of carbonyl (C=O) groups is 3. The van der Waals surface area contributed by atoms with Crippen molar-refractivity contribution in [3.63, 3.8) is 0 Å². The molecule has 6 heteroatoms. The topological polar surface area (TPSA) is 81.7 Å². The Hall–Kier alpha value is -3.15. The lowest BCUT2D eigenvalue weighted by Gasteiger charge is -2.25. The Morgan fingerprint density at radius 3 is 2.66 bits per heavy atom. The number of hydrogen-bond acceptors (Lipinski definition) is 5. The molecule has 1 atom stereocenters. The molecule has 0 aliphatic carbocycles. The molecule has 0 bridgehead atoms. The zero-order valence-corrected chi connectivity index (χ0v) is 16.6. The number of carbonyl (C=O) groups excluding carboxylic acids is 3. The minimum atomic E-state index is -0.595. The first-order chi connectivity index (χ1) is 13.9. The van der Waals surface area contributed by atoms with Crippen LogP contribution in [0.2, 0.25) is 0 Å². The Labute approximate surface area is 170 Å². The Morgan fingerprint density at radius 1 is 1.17 bits per heavy atom. The van der Waals surface area contributed by atoms with Gasteiger partial charge in [-0.15, -0.1) is 0 Å². The van der Waals surface area contributed by atoms with E-state index in [0.29, 0.717) is 30.0 Å². The molecule has 0 radical (unpaired) electrons. The lowest BCUT2D eigenvalue weighted by atomic mass is 9.93. The van der Waals surface area contributed by atoms with Crippen molar-refractivity contribution in [2.24, 2.45) is 5.92 Å². The third-order valence-corrected chi connectivity index (χ3v) is 4.77. The number of esters is 2. The molecule has 0 aromatic heterocycles. The second-order valence-corrected chi connectivity index (χ2v) is 7.49. The Balaban J connectivity index is 1.63. The summed E-state index contributed by atoms with van der Waals surface area (Å²) in [7, 11) is 0. The molecule has 29 heavy (non-hydrogen) atoms. The second-order valence-electron chi connectivity index (χ2n) is 7.49. The van der Waals surface area contributed by atoms with Crippen LogP contribution in [0.3, 0.4) is 0 Å². The lowest BCUT2D eigenvalue weighted by Crippen LogP contribution is -2.30. The minimum absolute atomic E-state index is 0.306. The van der Waals surface area contributed by atoms with Crippen molar-refractivity contribution < 1.29 is 23.9 Å². The van der Waals surface area contributed by atoms with Crippen LogP contribution in [0.1, 0.15) is 58.2 Å². The van der Waals surface area contributed by atoms with Gasteiger partial charge in [-0.1, -0.05) is 44.2 Å². The summed E-state index contributed by atoms with van der Waals surface area (Å²) in [6.07, 6.45) is 0.944. The summed E-state index contributed by atoms with van der Waals surface area (Å²) >= 11 is 0. The van der Waals surface area contributed by atoms with E-state index in [1.165, 1.54) is 6.07 Å². The number of ether oxygens (including phenoxy) is 2. The van der Waals surface area contributed by atoms with E-state index in [2.05, 4.69) is 19.2 Å². The van der Waals surface area contributed by atoms with Crippen LogP contribution in [-0.4, -0.2) is 31.0 Å². The van der Waals surface area contributed by atoms with Crippen molar-refractivity contribution in [1.29, 1.82) is 0 Å². The first-order valence-corrected chi connectivity index (χ1v) is 9.76. The van der Waals surface area contributed by atoms with Gasteiger partial charge in [0.15, 0.2) is 6.61 Å². The highest BCUT2D eigenvalue weighted by atomic mass is 16.5. The fourth-order valence-electron chi connectivity index (χ4n) is 3.14. The average Bonchev–Trinajstić information content (AvgIpc) is 2.72. The lowest BCUT2D eigenvalue weighted by molar-refractivity contribution is -0.124. The molecule has 1 amide bonds.